The number of aryl methyl sites for hydroxylation is 1. The molecule has 0 bridgehead atoms. The molecule has 1 N–H and O–H groups in total. The van der Waals surface area contributed by atoms with Gasteiger partial charge in [0.1, 0.15) is 5.82 Å². The second-order valence-electron chi connectivity index (χ2n) is 4.29. The second kappa shape index (κ2) is 7.72. The van der Waals surface area contributed by atoms with Gasteiger partial charge in [-0.1, -0.05) is 23.9 Å². The third kappa shape index (κ3) is 4.82. The van der Waals surface area contributed by atoms with Crippen molar-refractivity contribution in [2.45, 2.75) is 25.0 Å². The average Bonchev–Trinajstić information content (AvgIpc) is 2.95. The highest BCUT2D eigenvalue weighted by Gasteiger charge is 2.08. The normalized spacial score (nSPS) is 10.6. The van der Waals surface area contributed by atoms with Crippen LogP contribution in [0.15, 0.2) is 29.4 Å². The fraction of sp³-hybridized carbons (Fsp3) is 0.385. The van der Waals surface area contributed by atoms with Gasteiger partial charge in [-0.25, -0.2) is 9.07 Å². The van der Waals surface area contributed by atoms with Gasteiger partial charge >= 0.3 is 0 Å². The van der Waals surface area contributed by atoms with Crippen LogP contribution in [0.4, 0.5) is 4.39 Å². The number of hydrogen-bond acceptors (Lipinski definition) is 5. The summed E-state index contributed by atoms with van der Waals surface area (Å²) in [7, 11) is 0. The van der Waals surface area contributed by atoms with Gasteiger partial charge in [-0.05, 0) is 41.5 Å². The molecule has 0 radical (unpaired) electrons. The van der Waals surface area contributed by atoms with Crippen LogP contribution in [0.1, 0.15) is 12.5 Å². The molecule has 0 saturated carbocycles. The predicted octanol–water partition coefficient (Wildman–Crippen LogP) is 1.28. The number of tetrazole rings is 1. The Morgan fingerprint density at radius 3 is 2.86 bits per heavy atom. The number of halogens is 1. The summed E-state index contributed by atoms with van der Waals surface area (Å²) in [6.07, 6.45) is 0.670. The predicted molar refractivity (Wildman–Crippen MR) is 77.3 cm³/mol. The third-order valence-corrected chi connectivity index (χ3v) is 3.74. The molecule has 0 fully saturated rings. The van der Waals surface area contributed by atoms with Crippen molar-refractivity contribution in [2.75, 3.05) is 12.3 Å². The van der Waals surface area contributed by atoms with Crippen LogP contribution in [-0.4, -0.2) is 38.4 Å². The minimum absolute atomic E-state index is 0.0761. The lowest BCUT2D eigenvalue weighted by atomic mass is 10.1. The Hall–Kier alpha value is -1.96. The fourth-order valence-corrected chi connectivity index (χ4v) is 2.45. The summed E-state index contributed by atoms with van der Waals surface area (Å²) in [5.41, 5.74) is 0.985. The summed E-state index contributed by atoms with van der Waals surface area (Å²) < 4.78 is 14.4. The molecule has 6 nitrogen and oxygen atoms in total. The van der Waals surface area contributed by atoms with Crippen LogP contribution < -0.4 is 5.32 Å². The van der Waals surface area contributed by atoms with Gasteiger partial charge in [0.2, 0.25) is 11.1 Å². The van der Waals surface area contributed by atoms with Gasteiger partial charge in [-0.3, -0.25) is 4.79 Å². The van der Waals surface area contributed by atoms with Crippen LogP contribution in [0.2, 0.25) is 0 Å². The summed E-state index contributed by atoms with van der Waals surface area (Å²) >= 11 is 1.30. The van der Waals surface area contributed by atoms with E-state index in [0.717, 1.165) is 5.56 Å². The highest BCUT2D eigenvalue weighted by Crippen LogP contribution is 2.12. The van der Waals surface area contributed by atoms with E-state index in [1.165, 1.54) is 23.9 Å². The van der Waals surface area contributed by atoms with E-state index in [9.17, 15) is 9.18 Å². The minimum atomic E-state index is -0.257. The molecule has 0 saturated heterocycles. The average molecular weight is 309 g/mol. The maximum absolute atomic E-state index is 12.7. The van der Waals surface area contributed by atoms with E-state index < -0.39 is 0 Å². The molecule has 0 aliphatic heterocycles. The van der Waals surface area contributed by atoms with Crippen LogP contribution >= 0.6 is 11.8 Å². The monoisotopic (exact) mass is 309 g/mol. The molecule has 0 aliphatic rings. The van der Waals surface area contributed by atoms with Crippen molar-refractivity contribution in [3.05, 3.63) is 35.6 Å². The zero-order valence-corrected chi connectivity index (χ0v) is 12.4. The first-order valence-corrected chi connectivity index (χ1v) is 7.57. The number of rotatable bonds is 7. The fourth-order valence-electron chi connectivity index (χ4n) is 1.68. The van der Waals surface area contributed by atoms with Crippen LogP contribution in [0.3, 0.4) is 0 Å². The van der Waals surface area contributed by atoms with Gasteiger partial charge in [-0.15, -0.1) is 5.10 Å². The standard InChI is InChI=1S/C13H16FN5OS/c1-2-19-13(16-17-18-19)21-9-12(20)15-8-7-10-3-5-11(14)6-4-10/h3-6H,2,7-9H2,1H3,(H,15,20). The molecule has 1 aromatic heterocycles. The van der Waals surface area contributed by atoms with Crippen LogP contribution in [0, 0.1) is 5.82 Å². The summed E-state index contributed by atoms with van der Waals surface area (Å²) in [6, 6.07) is 6.26. The Labute approximate surface area is 126 Å². The van der Waals surface area contributed by atoms with E-state index in [2.05, 4.69) is 20.8 Å². The van der Waals surface area contributed by atoms with Gasteiger partial charge in [-0.2, -0.15) is 0 Å². The molecule has 8 heteroatoms. The van der Waals surface area contributed by atoms with E-state index in [1.54, 1.807) is 16.8 Å². The van der Waals surface area contributed by atoms with Crippen molar-refractivity contribution in [1.29, 1.82) is 0 Å². The van der Waals surface area contributed by atoms with Crippen molar-refractivity contribution in [2.24, 2.45) is 0 Å². The molecule has 1 aromatic carbocycles. The summed E-state index contributed by atoms with van der Waals surface area (Å²) in [5.74, 6) is -0.0651. The topological polar surface area (TPSA) is 72.7 Å². The Morgan fingerprint density at radius 2 is 2.14 bits per heavy atom. The van der Waals surface area contributed by atoms with Crippen molar-refractivity contribution in [3.63, 3.8) is 0 Å². The zero-order valence-electron chi connectivity index (χ0n) is 11.6. The summed E-state index contributed by atoms with van der Waals surface area (Å²) in [6.45, 7) is 3.12. The van der Waals surface area contributed by atoms with Gasteiger partial charge in [0.25, 0.3) is 0 Å². The number of benzene rings is 1. The van der Waals surface area contributed by atoms with Gasteiger partial charge in [0, 0.05) is 13.1 Å². The molecule has 0 spiro atoms. The number of carbonyl (C=O) groups excluding carboxylic acids is 1. The molecule has 1 heterocycles. The molecule has 0 unspecified atom stereocenters. The number of thioether (sulfide) groups is 1. The maximum Gasteiger partial charge on any atom is 0.230 e. The molecule has 1 amide bonds. The first-order valence-electron chi connectivity index (χ1n) is 6.59. The number of nitrogens with one attached hydrogen (secondary N) is 1. The lowest BCUT2D eigenvalue weighted by Gasteiger charge is -2.05. The van der Waals surface area contributed by atoms with Crippen molar-refractivity contribution in [3.8, 4) is 0 Å². The Bertz CT molecular complexity index is 587. The minimum Gasteiger partial charge on any atom is -0.355 e. The largest absolute Gasteiger partial charge is 0.355 e. The van der Waals surface area contributed by atoms with Crippen molar-refractivity contribution >= 4 is 17.7 Å². The van der Waals surface area contributed by atoms with Crippen molar-refractivity contribution in [1.82, 2.24) is 25.5 Å². The number of carbonyl (C=O) groups is 1. The number of hydrogen-bond donors (Lipinski definition) is 1. The van der Waals surface area contributed by atoms with Crippen LogP contribution in [0.5, 0.6) is 0 Å². The molecular weight excluding hydrogens is 293 g/mol. The van der Waals surface area contributed by atoms with E-state index in [1.807, 2.05) is 6.92 Å². The summed E-state index contributed by atoms with van der Waals surface area (Å²) in [5, 5.41) is 14.6. The Balaban J connectivity index is 1.69. The molecule has 21 heavy (non-hydrogen) atoms. The number of aromatic nitrogens is 4. The number of amides is 1. The first-order chi connectivity index (χ1) is 10.2. The Kier molecular flexibility index (Phi) is 5.68. The third-order valence-electron chi connectivity index (χ3n) is 2.78. The van der Waals surface area contributed by atoms with Crippen molar-refractivity contribution < 1.29 is 9.18 Å². The molecule has 112 valence electrons. The summed E-state index contributed by atoms with van der Waals surface area (Å²) in [4.78, 5) is 11.7. The SMILES string of the molecule is CCn1nnnc1SCC(=O)NCCc1ccc(F)cc1. The van der Waals surface area contributed by atoms with E-state index in [0.29, 0.717) is 24.7 Å². The van der Waals surface area contributed by atoms with E-state index >= 15 is 0 Å². The van der Waals surface area contributed by atoms with E-state index in [4.69, 9.17) is 0 Å². The second-order valence-corrected chi connectivity index (χ2v) is 5.23. The zero-order chi connectivity index (χ0) is 15.1. The quantitative estimate of drug-likeness (QED) is 0.780. The first kappa shape index (κ1) is 15.4. The lowest BCUT2D eigenvalue weighted by molar-refractivity contribution is -0.118. The van der Waals surface area contributed by atoms with Crippen LogP contribution in [0.25, 0.3) is 0 Å². The molecule has 2 aromatic rings. The van der Waals surface area contributed by atoms with Gasteiger partial charge in [0.15, 0.2) is 0 Å². The highest BCUT2D eigenvalue weighted by atomic mass is 32.2. The Morgan fingerprint density at radius 1 is 1.38 bits per heavy atom. The van der Waals surface area contributed by atoms with Gasteiger partial charge < -0.3 is 5.32 Å². The smallest absolute Gasteiger partial charge is 0.230 e. The van der Waals surface area contributed by atoms with Crippen LogP contribution in [-0.2, 0) is 17.8 Å². The molecule has 0 aliphatic carbocycles. The molecule has 0 atom stereocenters. The number of nitrogens with zero attached hydrogens (tertiary/aromatic N) is 4. The lowest BCUT2D eigenvalue weighted by Crippen LogP contribution is -2.27. The van der Waals surface area contributed by atoms with E-state index in [-0.39, 0.29) is 17.5 Å². The van der Waals surface area contributed by atoms with Gasteiger partial charge in [0.05, 0.1) is 5.75 Å². The highest BCUT2D eigenvalue weighted by molar-refractivity contribution is 7.99. The molecule has 2 rings (SSSR count). The maximum atomic E-state index is 12.7. The molecular formula is C13H16FN5OS.